The van der Waals surface area contributed by atoms with E-state index in [-0.39, 0.29) is 11.4 Å². The Morgan fingerprint density at radius 3 is 2.50 bits per heavy atom. The topological polar surface area (TPSA) is 66.4 Å². The van der Waals surface area contributed by atoms with Crippen molar-refractivity contribution in [3.05, 3.63) is 27.1 Å². The van der Waals surface area contributed by atoms with Crippen molar-refractivity contribution in [3.63, 3.8) is 0 Å². The normalized spacial score (nSPS) is 18.4. The minimum atomic E-state index is -3.59. The zero-order valence-corrected chi connectivity index (χ0v) is 13.5. The SMILES string of the molecule is O=S(=O)(NCC1(O)CCC1)c1ccc(Br)cc1Br. The first-order valence-corrected chi connectivity index (χ1v) is 8.56. The smallest absolute Gasteiger partial charge is 0.241 e. The summed E-state index contributed by atoms with van der Waals surface area (Å²) in [6, 6.07) is 4.85. The molecule has 1 fully saturated rings. The molecule has 4 nitrogen and oxygen atoms in total. The molecule has 0 saturated heterocycles. The van der Waals surface area contributed by atoms with Gasteiger partial charge in [-0.05, 0) is 53.4 Å². The van der Waals surface area contributed by atoms with Crippen molar-refractivity contribution < 1.29 is 13.5 Å². The van der Waals surface area contributed by atoms with Crippen molar-refractivity contribution in [2.24, 2.45) is 0 Å². The Kier molecular flexibility index (Phi) is 4.18. The summed E-state index contributed by atoms with van der Waals surface area (Å²) < 4.78 is 27.9. The van der Waals surface area contributed by atoms with Crippen molar-refractivity contribution >= 4 is 41.9 Å². The summed E-state index contributed by atoms with van der Waals surface area (Å²) in [5.74, 6) is 0. The van der Waals surface area contributed by atoms with Gasteiger partial charge < -0.3 is 5.11 Å². The molecule has 7 heteroatoms. The summed E-state index contributed by atoms with van der Waals surface area (Å²) in [6.45, 7) is 0.0673. The van der Waals surface area contributed by atoms with Crippen LogP contribution in [-0.4, -0.2) is 25.7 Å². The molecule has 0 heterocycles. The summed E-state index contributed by atoms with van der Waals surface area (Å²) >= 11 is 6.49. The van der Waals surface area contributed by atoms with Crippen LogP contribution in [0.5, 0.6) is 0 Å². The van der Waals surface area contributed by atoms with Crippen LogP contribution in [0, 0.1) is 0 Å². The van der Waals surface area contributed by atoms with Gasteiger partial charge in [0.2, 0.25) is 10.0 Å². The van der Waals surface area contributed by atoms with Gasteiger partial charge in [0.25, 0.3) is 0 Å². The third-order valence-corrected chi connectivity index (χ3v) is 5.93. The van der Waals surface area contributed by atoms with E-state index in [1.54, 1.807) is 12.1 Å². The van der Waals surface area contributed by atoms with Gasteiger partial charge in [-0.25, -0.2) is 13.1 Å². The van der Waals surface area contributed by atoms with E-state index in [2.05, 4.69) is 36.6 Å². The van der Waals surface area contributed by atoms with Crippen molar-refractivity contribution in [3.8, 4) is 0 Å². The maximum atomic E-state index is 12.1. The second-order valence-electron chi connectivity index (χ2n) is 4.48. The van der Waals surface area contributed by atoms with Crippen molar-refractivity contribution in [2.45, 2.75) is 29.8 Å². The van der Waals surface area contributed by atoms with Gasteiger partial charge in [-0.15, -0.1) is 0 Å². The Morgan fingerprint density at radius 2 is 2.00 bits per heavy atom. The van der Waals surface area contributed by atoms with Gasteiger partial charge in [0, 0.05) is 15.5 Å². The first-order chi connectivity index (χ1) is 8.32. The molecule has 2 rings (SSSR count). The van der Waals surface area contributed by atoms with Crippen LogP contribution >= 0.6 is 31.9 Å². The van der Waals surface area contributed by atoms with E-state index in [9.17, 15) is 13.5 Å². The van der Waals surface area contributed by atoms with E-state index >= 15 is 0 Å². The first-order valence-electron chi connectivity index (χ1n) is 5.50. The molecule has 0 atom stereocenters. The van der Waals surface area contributed by atoms with Crippen LogP contribution < -0.4 is 4.72 Å². The van der Waals surface area contributed by atoms with Gasteiger partial charge >= 0.3 is 0 Å². The van der Waals surface area contributed by atoms with Crippen LogP contribution in [0.25, 0.3) is 0 Å². The molecule has 0 unspecified atom stereocenters. The van der Waals surface area contributed by atoms with Gasteiger partial charge in [-0.3, -0.25) is 0 Å². The molecule has 0 aliphatic heterocycles. The Bertz CT molecular complexity index is 555. The molecule has 2 N–H and O–H groups in total. The average Bonchev–Trinajstić information content (AvgIpc) is 2.23. The fourth-order valence-corrected chi connectivity index (χ4v) is 4.63. The molecule has 1 aliphatic rings. The third kappa shape index (κ3) is 3.14. The van der Waals surface area contributed by atoms with Crippen LogP contribution in [0.1, 0.15) is 19.3 Å². The van der Waals surface area contributed by atoms with Gasteiger partial charge in [-0.2, -0.15) is 0 Å². The largest absolute Gasteiger partial charge is 0.389 e. The lowest BCUT2D eigenvalue weighted by Gasteiger charge is -2.36. The zero-order valence-electron chi connectivity index (χ0n) is 9.49. The number of hydrogen-bond acceptors (Lipinski definition) is 3. The third-order valence-electron chi connectivity index (χ3n) is 3.06. The van der Waals surface area contributed by atoms with Gasteiger partial charge in [0.1, 0.15) is 0 Å². The Labute approximate surface area is 123 Å². The Morgan fingerprint density at radius 1 is 1.33 bits per heavy atom. The summed E-state index contributed by atoms with van der Waals surface area (Å²) in [6.07, 6.45) is 2.24. The summed E-state index contributed by atoms with van der Waals surface area (Å²) in [4.78, 5) is 0.175. The van der Waals surface area contributed by atoms with Crippen LogP contribution in [0.15, 0.2) is 32.0 Å². The second-order valence-corrected chi connectivity index (χ2v) is 7.98. The van der Waals surface area contributed by atoms with Crippen LogP contribution in [0.4, 0.5) is 0 Å². The molecular weight excluding hydrogens is 386 g/mol. The molecule has 0 aromatic heterocycles. The highest BCUT2D eigenvalue weighted by Gasteiger charge is 2.35. The van der Waals surface area contributed by atoms with E-state index in [1.165, 1.54) is 6.07 Å². The molecule has 1 aromatic carbocycles. The fourth-order valence-electron chi connectivity index (χ4n) is 1.76. The van der Waals surface area contributed by atoms with Crippen molar-refractivity contribution in [1.29, 1.82) is 0 Å². The lowest BCUT2D eigenvalue weighted by molar-refractivity contribution is -0.0270. The predicted octanol–water partition coefficient (Wildman–Crippen LogP) is 2.40. The van der Waals surface area contributed by atoms with E-state index < -0.39 is 15.6 Å². The van der Waals surface area contributed by atoms with E-state index in [1.807, 2.05) is 0 Å². The van der Waals surface area contributed by atoms with Gasteiger partial charge in [0.05, 0.1) is 10.5 Å². The van der Waals surface area contributed by atoms with Gasteiger partial charge in [0.15, 0.2) is 0 Å². The maximum absolute atomic E-state index is 12.1. The average molecular weight is 399 g/mol. The minimum absolute atomic E-state index is 0.0673. The first kappa shape index (κ1) is 14.5. The summed E-state index contributed by atoms with van der Waals surface area (Å²) in [7, 11) is -3.59. The van der Waals surface area contributed by atoms with Crippen LogP contribution in [0.2, 0.25) is 0 Å². The molecule has 100 valence electrons. The number of sulfonamides is 1. The number of nitrogens with one attached hydrogen (secondary N) is 1. The Balaban J connectivity index is 2.15. The van der Waals surface area contributed by atoms with Crippen LogP contribution in [0.3, 0.4) is 0 Å². The lowest BCUT2D eigenvalue weighted by Crippen LogP contribution is -2.47. The number of aliphatic hydroxyl groups is 1. The highest BCUT2D eigenvalue weighted by atomic mass is 79.9. The number of benzene rings is 1. The molecule has 0 amide bonds. The molecule has 0 spiro atoms. The number of hydrogen-bond donors (Lipinski definition) is 2. The predicted molar refractivity (Wildman–Crippen MR) is 75.8 cm³/mol. The molecule has 1 saturated carbocycles. The van der Waals surface area contributed by atoms with Crippen LogP contribution in [-0.2, 0) is 10.0 Å². The van der Waals surface area contributed by atoms with Gasteiger partial charge in [-0.1, -0.05) is 15.9 Å². The number of halogens is 2. The summed E-state index contributed by atoms with van der Waals surface area (Å²) in [5, 5.41) is 9.89. The van der Waals surface area contributed by atoms with E-state index in [0.29, 0.717) is 17.3 Å². The molecule has 0 bridgehead atoms. The molecule has 0 radical (unpaired) electrons. The second kappa shape index (κ2) is 5.20. The monoisotopic (exact) mass is 397 g/mol. The molecule has 1 aromatic rings. The standard InChI is InChI=1S/C11H13Br2NO3S/c12-8-2-3-10(9(13)6-8)18(16,17)14-7-11(15)4-1-5-11/h2-3,6,14-15H,1,4-5,7H2. The Hall–Kier alpha value is 0.0500. The summed E-state index contributed by atoms with van der Waals surface area (Å²) in [5.41, 5.74) is -0.866. The fraction of sp³-hybridized carbons (Fsp3) is 0.455. The quantitative estimate of drug-likeness (QED) is 0.818. The van der Waals surface area contributed by atoms with E-state index in [4.69, 9.17) is 0 Å². The molecular formula is C11H13Br2NO3S. The molecule has 18 heavy (non-hydrogen) atoms. The van der Waals surface area contributed by atoms with E-state index in [0.717, 1.165) is 10.9 Å². The van der Waals surface area contributed by atoms with Crippen molar-refractivity contribution in [2.75, 3.05) is 6.54 Å². The number of rotatable bonds is 4. The minimum Gasteiger partial charge on any atom is -0.389 e. The maximum Gasteiger partial charge on any atom is 0.241 e. The zero-order chi connectivity index (χ0) is 13.4. The highest BCUT2D eigenvalue weighted by molar-refractivity contribution is 9.11. The molecule has 1 aliphatic carbocycles. The lowest BCUT2D eigenvalue weighted by atomic mass is 9.81. The highest BCUT2D eigenvalue weighted by Crippen LogP contribution is 2.31. The van der Waals surface area contributed by atoms with Crippen molar-refractivity contribution in [1.82, 2.24) is 4.72 Å².